The van der Waals surface area contributed by atoms with Crippen LogP contribution in [0.1, 0.15) is 43.3 Å². The summed E-state index contributed by atoms with van der Waals surface area (Å²) in [7, 11) is 2.06. The minimum atomic E-state index is -0.254. The van der Waals surface area contributed by atoms with E-state index >= 15 is 0 Å². The molecule has 25 heavy (non-hydrogen) atoms. The molecule has 0 N–H and O–H groups in total. The Morgan fingerprint density at radius 1 is 1.16 bits per heavy atom. The van der Waals surface area contributed by atoms with Crippen molar-refractivity contribution >= 4 is 5.69 Å². The predicted octanol–water partition coefficient (Wildman–Crippen LogP) is 2.33. The summed E-state index contributed by atoms with van der Waals surface area (Å²) in [6.45, 7) is 4.83. The highest BCUT2D eigenvalue weighted by Crippen LogP contribution is 2.30. The summed E-state index contributed by atoms with van der Waals surface area (Å²) in [4.78, 5) is 8.40. The Hall–Kier alpha value is -2.02. The third-order valence-corrected chi connectivity index (χ3v) is 5.44. The number of anilines is 1. The van der Waals surface area contributed by atoms with Gasteiger partial charge in [0.05, 0.1) is 18.4 Å². The Kier molecular flexibility index (Phi) is 4.65. The zero-order valence-electron chi connectivity index (χ0n) is 14.7. The van der Waals surface area contributed by atoms with Gasteiger partial charge in [0.1, 0.15) is 11.6 Å². The highest BCUT2D eigenvalue weighted by Gasteiger charge is 2.27. The predicted molar refractivity (Wildman–Crippen MR) is 93.9 cm³/mol. The van der Waals surface area contributed by atoms with Gasteiger partial charge in [0, 0.05) is 32.3 Å². The van der Waals surface area contributed by atoms with Crippen LogP contribution in [0.2, 0.25) is 0 Å². The molecule has 2 aromatic rings. The Morgan fingerprint density at radius 3 is 2.80 bits per heavy atom. The van der Waals surface area contributed by atoms with Crippen molar-refractivity contribution in [1.29, 1.82) is 0 Å². The van der Waals surface area contributed by atoms with E-state index in [-0.39, 0.29) is 11.7 Å². The monoisotopic (exact) mass is 344 g/mol. The third-order valence-electron chi connectivity index (χ3n) is 5.44. The molecule has 7 heteroatoms. The van der Waals surface area contributed by atoms with Gasteiger partial charge < -0.3 is 9.47 Å². The maximum Gasteiger partial charge on any atom is 0.164 e. The van der Waals surface area contributed by atoms with Crippen LogP contribution in [0.3, 0.4) is 0 Å². The summed E-state index contributed by atoms with van der Waals surface area (Å²) in [6.07, 6.45) is 7.59. The molecule has 2 fully saturated rings. The first-order chi connectivity index (χ1) is 12.2. The van der Waals surface area contributed by atoms with Crippen LogP contribution in [0.5, 0.6) is 0 Å². The van der Waals surface area contributed by atoms with Gasteiger partial charge in [-0.15, -0.1) is 10.2 Å². The average molecular weight is 344 g/mol. The molecular formula is C18H25FN6. The summed E-state index contributed by atoms with van der Waals surface area (Å²) in [5, 5.41) is 8.92. The molecule has 2 aromatic heterocycles. The van der Waals surface area contributed by atoms with Crippen molar-refractivity contribution in [3.8, 4) is 0 Å². The second kappa shape index (κ2) is 7.07. The number of rotatable bonds is 4. The third kappa shape index (κ3) is 3.38. The van der Waals surface area contributed by atoms with E-state index in [0.29, 0.717) is 5.69 Å². The fourth-order valence-electron chi connectivity index (χ4n) is 4.04. The van der Waals surface area contributed by atoms with Gasteiger partial charge in [-0.2, -0.15) is 0 Å². The number of hydrogen-bond acceptors (Lipinski definition) is 5. The van der Waals surface area contributed by atoms with Gasteiger partial charge in [0.25, 0.3) is 0 Å². The molecule has 0 saturated carbocycles. The lowest BCUT2D eigenvalue weighted by Crippen LogP contribution is -2.36. The van der Waals surface area contributed by atoms with Crippen LogP contribution >= 0.6 is 0 Å². The maximum atomic E-state index is 14.1. The van der Waals surface area contributed by atoms with Crippen LogP contribution in [-0.4, -0.2) is 50.8 Å². The van der Waals surface area contributed by atoms with Crippen molar-refractivity contribution in [2.45, 2.75) is 38.1 Å². The topological polar surface area (TPSA) is 50.1 Å². The first-order valence-corrected chi connectivity index (χ1v) is 9.17. The first kappa shape index (κ1) is 16.4. The molecule has 0 radical (unpaired) electrons. The normalized spacial score (nSPS) is 21.8. The molecule has 2 saturated heterocycles. The molecule has 0 unspecified atom stereocenters. The fourth-order valence-corrected chi connectivity index (χ4v) is 4.04. The lowest BCUT2D eigenvalue weighted by atomic mass is 9.96. The quantitative estimate of drug-likeness (QED) is 0.852. The van der Waals surface area contributed by atoms with Crippen molar-refractivity contribution in [3.05, 3.63) is 35.9 Å². The van der Waals surface area contributed by atoms with E-state index in [0.717, 1.165) is 57.2 Å². The number of pyridine rings is 1. The highest BCUT2D eigenvalue weighted by atomic mass is 19.1. The zero-order chi connectivity index (χ0) is 17.2. The largest absolute Gasteiger partial charge is 0.368 e. The van der Waals surface area contributed by atoms with Gasteiger partial charge in [0.15, 0.2) is 5.82 Å². The minimum Gasteiger partial charge on any atom is -0.368 e. The summed E-state index contributed by atoms with van der Waals surface area (Å²) >= 11 is 0. The van der Waals surface area contributed by atoms with E-state index in [2.05, 4.69) is 36.6 Å². The van der Waals surface area contributed by atoms with Crippen molar-refractivity contribution in [2.75, 3.05) is 31.1 Å². The molecule has 6 nitrogen and oxygen atoms in total. The van der Waals surface area contributed by atoms with Crippen molar-refractivity contribution in [3.63, 3.8) is 0 Å². The smallest absolute Gasteiger partial charge is 0.164 e. The van der Waals surface area contributed by atoms with Crippen LogP contribution in [0.15, 0.2) is 18.5 Å². The van der Waals surface area contributed by atoms with Crippen molar-refractivity contribution in [1.82, 2.24) is 24.6 Å². The van der Waals surface area contributed by atoms with Crippen LogP contribution < -0.4 is 4.90 Å². The lowest BCUT2D eigenvalue weighted by molar-refractivity contribution is 0.317. The molecule has 4 heterocycles. The Morgan fingerprint density at radius 2 is 2.00 bits per heavy atom. The number of aromatic nitrogens is 4. The highest BCUT2D eigenvalue weighted by molar-refractivity contribution is 5.47. The van der Waals surface area contributed by atoms with Crippen LogP contribution in [0.4, 0.5) is 10.1 Å². The van der Waals surface area contributed by atoms with Gasteiger partial charge in [-0.1, -0.05) is 0 Å². The molecular weight excluding hydrogens is 319 g/mol. The zero-order valence-corrected chi connectivity index (χ0v) is 14.7. The second-order valence-electron chi connectivity index (χ2n) is 7.13. The standard InChI is InChI=1S/C18H25FN6/c1-23-17(13-24-8-2-3-9-24)21-22-18(23)14-5-4-10-25(12-14)16-6-7-20-11-15(16)19/h6-7,11,14H,2-5,8-10,12-13H2,1H3/t14-/m1/s1. The molecule has 2 aliphatic rings. The Labute approximate surface area is 147 Å². The van der Waals surface area contributed by atoms with E-state index in [4.69, 9.17) is 0 Å². The van der Waals surface area contributed by atoms with Crippen LogP contribution in [0.25, 0.3) is 0 Å². The number of piperidine rings is 1. The maximum absolute atomic E-state index is 14.1. The average Bonchev–Trinajstić information content (AvgIpc) is 3.27. The van der Waals surface area contributed by atoms with E-state index in [1.54, 1.807) is 12.3 Å². The fraction of sp³-hybridized carbons (Fsp3) is 0.611. The molecule has 0 aliphatic carbocycles. The molecule has 0 bridgehead atoms. The van der Waals surface area contributed by atoms with Gasteiger partial charge >= 0.3 is 0 Å². The number of halogens is 1. The SMILES string of the molecule is Cn1c(CN2CCCC2)nnc1[C@@H]1CCCN(c2ccncc2F)C1. The molecule has 1 atom stereocenters. The minimum absolute atomic E-state index is 0.254. The lowest BCUT2D eigenvalue weighted by Gasteiger charge is -2.34. The van der Waals surface area contributed by atoms with Gasteiger partial charge in [-0.05, 0) is 44.8 Å². The summed E-state index contributed by atoms with van der Waals surface area (Å²) in [6, 6.07) is 1.76. The number of hydrogen-bond donors (Lipinski definition) is 0. The molecule has 0 aromatic carbocycles. The summed E-state index contributed by atoms with van der Waals surface area (Å²) in [5.74, 6) is 2.08. The molecule has 2 aliphatic heterocycles. The Balaban J connectivity index is 1.50. The number of likely N-dealkylation sites (tertiary alicyclic amines) is 1. The van der Waals surface area contributed by atoms with E-state index in [1.165, 1.54) is 19.0 Å². The molecule has 134 valence electrons. The first-order valence-electron chi connectivity index (χ1n) is 9.17. The summed E-state index contributed by atoms with van der Waals surface area (Å²) in [5.41, 5.74) is 0.638. The van der Waals surface area contributed by atoms with E-state index in [1.807, 2.05) is 0 Å². The molecule has 4 rings (SSSR count). The van der Waals surface area contributed by atoms with Crippen molar-refractivity contribution in [2.24, 2.45) is 7.05 Å². The van der Waals surface area contributed by atoms with Gasteiger partial charge in [-0.25, -0.2) is 4.39 Å². The van der Waals surface area contributed by atoms with Crippen LogP contribution in [0, 0.1) is 5.82 Å². The molecule has 0 spiro atoms. The molecule has 0 amide bonds. The van der Waals surface area contributed by atoms with Crippen molar-refractivity contribution < 1.29 is 4.39 Å². The Bertz CT molecular complexity index is 724. The van der Waals surface area contributed by atoms with E-state index < -0.39 is 0 Å². The van der Waals surface area contributed by atoms with Gasteiger partial charge in [-0.3, -0.25) is 9.88 Å². The summed E-state index contributed by atoms with van der Waals surface area (Å²) < 4.78 is 16.2. The van der Waals surface area contributed by atoms with Gasteiger partial charge in [0.2, 0.25) is 0 Å². The second-order valence-corrected chi connectivity index (χ2v) is 7.13. The van der Waals surface area contributed by atoms with E-state index in [9.17, 15) is 4.39 Å². The van der Waals surface area contributed by atoms with Crippen LogP contribution in [-0.2, 0) is 13.6 Å². The number of nitrogens with zero attached hydrogens (tertiary/aromatic N) is 6.